The average Bonchev–Trinajstić information content (AvgIpc) is 2.73. The van der Waals surface area contributed by atoms with Crippen molar-refractivity contribution in [2.24, 2.45) is 5.92 Å². The Bertz CT molecular complexity index is 427. The number of hydrogen-bond acceptors (Lipinski definition) is 4. The van der Waals surface area contributed by atoms with Crippen molar-refractivity contribution in [3.05, 3.63) is 15.6 Å². The van der Waals surface area contributed by atoms with Gasteiger partial charge in [0.25, 0.3) is 0 Å². The lowest BCUT2D eigenvalue weighted by molar-refractivity contribution is 0.154. The molecule has 0 spiro atoms. The van der Waals surface area contributed by atoms with Crippen LogP contribution in [0.3, 0.4) is 0 Å². The molecule has 1 aliphatic rings. The molecule has 19 heavy (non-hydrogen) atoms. The van der Waals surface area contributed by atoms with Crippen LogP contribution in [0.15, 0.2) is 0 Å². The molecule has 1 aliphatic heterocycles. The van der Waals surface area contributed by atoms with Crippen molar-refractivity contribution in [1.29, 1.82) is 0 Å². The first-order valence-corrected chi connectivity index (χ1v) is 8.26. The van der Waals surface area contributed by atoms with E-state index in [-0.39, 0.29) is 5.54 Å². The van der Waals surface area contributed by atoms with Crippen molar-refractivity contribution in [2.75, 3.05) is 13.1 Å². The monoisotopic (exact) mass is 281 g/mol. The van der Waals surface area contributed by atoms with Crippen LogP contribution in [0.2, 0.25) is 0 Å². The molecule has 2 heterocycles. The van der Waals surface area contributed by atoms with Crippen molar-refractivity contribution >= 4 is 11.3 Å². The Morgan fingerprint density at radius 2 is 2.26 bits per heavy atom. The molecule has 0 aliphatic carbocycles. The van der Waals surface area contributed by atoms with E-state index in [2.05, 4.69) is 45.3 Å². The molecule has 1 aromatic rings. The molecular weight excluding hydrogens is 254 g/mol. The van der Waals surface area contributed by atoms with Crippen LogP contribution in [-0.2, 0) is 12.0 Å². The van der Waals surface area contributed by atoms with Crippen LogP contribution in [0.1, 0.15) is 49.7 Å². The van der Waals surface area contributed by atoms with E-state index < -0.39 is 0 Å². The molecule has 1 aromatic heterocycles. The van der Waals surface area contributed by atoms with Gasteiger partial charge < -0.3 is 10.6 Å². The number of piperidine rings is 1. The van der Waals surface area contributed by atoms with Gasteiger partial charge in [0.05, 0.1) is 11.2 Å². The third kappa shape index (κ3) is 2.86. The van der Waals surface area contributed by atoms with Crippen LogP contribution >= 0.6 is 11.3 Å². The lowest BCUT2D eigenvalue weighted by Crippen LogP contribution is -2.57. The lowest BCUT2D eigenvalue weighted by atomic mass is 9.79. The van der Waals surface area contributed by atoms with E-state index in [0.29, 0.717) is 12.0 Å². The zero-order chi connectivity index (χ0) is 14.0. The maximum absolute atomic E-state index is 4.96. The minimum Gasteiger partial charge on any atom is -0.316 e. The zero-order valence-corrected chi connectivity index (χ0v) is 13.7. The first kappa shape index (κ1) is 14.9. The van der Waals surface area contributed by atoms with E-state index in [1.165, 1.54) is 15.6 Å². The molecule has 0 saturated carbocycles. The van der Waals surface area contributed by atoms with Gasteiger partial charge in [-0.1, -0.05) is 13.8 Å². The summed E-state index contributed by atoms with van der Waals surface area (Å²) in [6, 6.07) is 0.481. The van der Waals surface area contributed by atoms with E-state index in [0.717, 1.165) is 25.9 Å². The van der Waals surface area contributed by atoms with Gasteiger partial charge in [0.15, 0.2) is 0 Å². The van der Waals surface area contributed by atoms with Crippen molar-refractivity contribution < 1.29 is 0 Å². The van der Waals surface area contributed by atoms with Crippen LogP contribution < -0.4 is 10.6 Å². The minimum absolute atomic E-state index is 0.0578. The van der Waals surface area contributed by atoms with Gasteiger partial charge in [0.2, 0.25) is 0 Å². The summed E-state index contributed by atoms with van der Waals surface area (Å²) in [6.45, 7) is 13.3. The van der Waals surface area contributed by atoms with Crippen LogP contribution in [0.4, 0.5) is 0 Å². The highest BCUT2D eigenvalue weighted by Gasteiger charge is 2.42. The quantitative estimate of drug-likeness (QED) is 0.891. The van der Waals surface area contributed by atoms with Crippen molar-refractivity contribution in [1.82, 2.24) is 15.6 Å². The molecule has 4 heteroatoms. The second-order valence-corrected chi connectivity index (χ2v) is 7.20. The van der Waals surface area contributed by atoms with Gasteiger partial charge in [-0.25, -0.2) is 4.98 Å². The number of hydrogen-bond donors (Lipinski definition) is 2. The van der Waals surface area contributed by atoms with Crippen LogP contribution in [0.5, 0.6) is 0 Å². The number of aromatic nitrogens is 1. The van der Waals surface area contributed by atoms with E-state index in [1.54, 1.807) is 0 Å². The van der Waals surface area contributed by atoms with Gasteiger partial charge in [0.1, 0.15) is 5.01 Å². The first-order valence-electron chi connectivity index (χ1n) is 7.44. The lowest BCUT2D eigenvalue weighted by Gasteiger charge is -2.43. The van der Waals surface area contributed by atoms with Gasteiger partial charge in [-0.2, -0.15) is 0 Å². The van der Waals surface area contributed by atoms with Gasteiger partial charge in [-0.05, 0) is 52.6 Å². The Hall–Kier alpha value is -0.450. The van der Waals surface area contributed by atoms with Crippen molar-refractivity contribution in [3.8, 4) is 0 Å². The standard InChI is InChI=1S/C15H27N3S/c1-6-13-12(5)19-14(17-13)15(18-10(2)3)7-8-16-9-11(15)4/h10-11,16,18H,6-9H2,1-5H3. The molecule has 3 nitrogen and oxygen atoms in total. The average molecular weight is 281 g/mol. The van der Waals surface area contributed by atoms with Crippen molar-refractivity contribution in [3.63, 3.8) is 0 Å². The summed E-state index contributed by atoms with van der Waals surface area (Å²) in [7, 11) is 0. The molecule has 2 atom stereocenters. The molecule has 2 unspecified atom stereocenters. The Labute approximate surface area is 121 Å². The highest BCUT2D eigenvalue weighted by atomic mass is 32.1. The summed E-state index contributed by atoms with van der Waals surface area (Å²) in [4.78, 5) is 6.34. The maximum atomic E-state index is 4.96. The summed E-state index contributed by atoms with van der Waals surface area (Å²) in [5.74, 6) is 0.568. The molecule has 0 aromatic carbocycles. The second-order valence-electron chi connectivity index (χ2n) is 6.00. The van der Waals surface area contributed by atoms with Crippen molar-refractivity contribution in [2.45, 2.75) is 59.0 Å². The molecule has 0 bridgehead atoms. The summed E-state index contributed by atoms with van der Waals surface area (Å²) in [5, 5.41) is 8.63. The van der Waals surface area contributed by atoms with Gasteiger partial charge in [0, 0.05) is 10.9 Å². The highest BCUT2D eigenvalue weighted by molar-refractivity contribution is 7.11. The Kier molecular flexibility index (Phi) is 4.64. The van der Waals surface area contributed by atoms with Gasteiger partial charge in [-0.3, -0.25) is 0 Å². The molecule has 1 fully saturated rings. The Morgan fingerprint density at radius 1 is 1.53 bits per heavy atom. The number of thiazole rings is 1. The number of rotatable bonds is 4. The SMILES string of the molecule is CCc1nc(C2(NC(C)C)CCNCC2C)sc1C. The van der Waals surface area contributed by atoms with Crippen LogP contribution in [0.25, 0.3) is 0 Å². The van der Waals surface area contributed by atoms with E-state index >= 15 is 0 Å². The van der Waals surface area contributed by atoms with Gasteiger partial charge in [-0.15, -0.1) is 11.3 Å². The molecule has 2 rings (SSSR count). The minimum atomic E-state index is 0.0578. The predicted molar refractivity (Wildman–Crippen MR) is 82.8 cm³/mol. The largest absolute Gasteiger partial charge is 0.316 e. The molecular formula is C15H27N3S. The third-order valence-electron chi connectivity index (χ3n) is 4.14. The van der Waals surface area contributed by atoms with Crippen LogP contribution in [-0.4, -0.2) is 24.1 Å². The molecule has 0 amide bonds. The summed E-state index contributed by atoms with van der Waals surface area (Å²) < 4.78 is 0. The zero-order valence-electron chi connectivity index (χ0n) is 12.8. The predicted octanol–water partition coefficient (Wildman–Crippen LogP) is 2.84. The highest BCUT2D eigenvalue weighted by Crippen LogP contribution is 2.38. The summed E-state index contributed by atoms with van der Waals surface area (Å²) >= 11 is 1.89. The smallest absolute Gasteiger partial charge is 0.114 e. The van der Waals surface area contributed by atoms with Crippen LogP contribution in [0, 0.1) is 12.8 Å². The number of aryl methyl sites for hydroxylation is 2. The van der Waals surface area contributed by atoms with E-state index in [1.807, 2.05) is 11.3 Å². The van der Waals surface area contributed by atoms with E-state index in [4.69, 9.17) is 4.98 Å². The Balaban J connectivity index is 2.40. The summed E-state index contributed by atoms with van der Waals surface area (Å²) in [5.41, 5.74) is 1.33. The second kappa shape index (κ2) is 5.90. The number of nitrogens with one attached hydrogen (secondary N) is 2. The summed E-state index contributed by atoms with van der Waals surface area (Å²) in [6.07, 6.45) is 2.16. The topological polar surface area (TPSA) is 37.0 Å². The van der Waals surface area contributed by atoms with Gasteiger partial charge >= 0.3 is 0 Å². The van der Waals surface area contributed by atoms with E-state index in [9.17, 15) is 0 Å². The number of nitrogens with zero attached hydrogens (tertiary/aromatic N) is 1. The molecule has 108 valence electrons. The maximum Gasteiger partial charge on any atom is 0.114 e. The fourth-order valence-corrected chi connectivity index (χ4v) is 4.38. The molecule has 2 N–H and O–H groups in total. The Morgan fingerprint density at radius 3 is 2.79 bits per heavy atom. The first-order chi connectivity index (χ1) is 8.99. The molecule has 0 radical (unpaired) electrons. The fourth-order valence-electron chi connectivity index (χ4n) is 3.08. The molecule has 1 saturated heterocycles. The third-order valence-corrected chi connectivity index (χ3v) is 5.33. The normalized spacial score (nSPS) is 28.0. The fraction of sp³-hybridized carbons (Fsp3) is 0.800.